The van der Waals surface area contributed by atoms with Gasteiger partial charge in [0.15, 0.2) is 33.7 Å². The Bertz CT molecular complexity index is 2410. The number of para-hydroxylation sites is 1. The Balaban J connectivity index is 1.38. The maximum atomic E-state index is 13.6. The van der Waals surface area contributed by atoms with Crippen LogP contribution in [0.4, 0.5) is 40.3 Å². The number of benzene rings is 4. The maximum Gasteiger partial charge on any atom is 0.322 e. The Hall–Kier alpha value is -5.64. The largest absolute Gasteiger partial charge is 0.467 e. The fourth-order valence-corrected chi connectivity index (χ4v) is 6.82. The van der Waals surface area contributed by atoms with Crippen molar-refractivity contribution in [1.29, 1.82) is 0 Å². The molecule has 0 fully saturated rings. The number of fused-ring (bicyclic) bond motifs is 2. The first-order valence-electron chi connectivity index (χ1n) is 13.9. The molecule has 5 aromatic rings. The third kappa shape index (κ3) is 6.53. The zero-order valence-corrected chi connectivity index (χ0v) is 27.7. The highest BCUT2D eigenvalue weighted by atomic mass is 32.2. The summed E-state index contributed by atoms with van der Waals surface area (Å²) in [5.74, 6) is -1.67. The van der Waals surface area contributed by atoms with Crippen molar-refractivity contribution in [2.24, 2.45) is 0 Å². The average molecular weight is 738 g/mol. The third-order valence-electron chi connectivity index (χ3n) is 7.29. The molecular formula is C30H23N7O10S3. The number of carbonyl (C=O) groups excluding carboxylic acids is 2. The summed E-state index contributed by atoms with van der Waals surface area (Å²) in [6, 6.07) is 16.6. The van der Waals surface area contributed by atoms with Gasteiger partial charge in [0.2, 0.25) is 11.9 Å². The number of rotatable bonds is 10. The predicted octanol–water partition coefficient (Wildman–Crippen LogP) is 3.88. The van der Waals surface area contributed by atoms with E-state index in [1.165, 1.54) is 55.6 Å². The summed E-state index contributed by atoms with van der Waals surface area (Å²) >= 11 is -5.00. The summed E-state index contributed by atoms with van der Waals surface area (Å²) < 4.78 is 83.7. The van der Waals surface area contributed by atoms with Crippen LogP contribution in [-0.4, -0.2) is 64.1 Å². The zero-order chi connectivity index (χ0) is 35.9. The molecule has 0 spiro atoms. The predicted molar refractivity (Wildman–Crippen MR) is 181 cm³/mol. The van der Waals surface area contributed by atoms with Gasteiger partial charge in [0.1, 0.15) is 4.90 Å². The second kappa shape index (κ2) is 13.3. The first kappa shape index (κ1) is 34.2. The Morgan fingerprint density at radius 1 is 0.720 bits per heavy atom. The molecule has 0 radical (unpaired) electrons. The van der Waals surface area contributed by atoms with Gasteiger partial charge in [0.25, 0.3) is 10.1 Å². The van der Waals surface area contributed by atoms with Crippen molar-refractivity contribution in [3.05, 3.63) is 95.1 Å². The number of nitrogens with zero attached hydrogens (tertiary/aromatic N) is 3. The molecule has 20 heteroatoms. The van der Waals surface area contributed by atoms with Crippen LogP contribution in [0.2, 0.25) is 0 Å². The average Bonchev–Trinajstić information content (AvgIpc) is 3.07. The summed E-state index contributed by atoms with van der Waals surface area (Å²) in [7, 11) is -3.70. The van der Waals surface area contributed by atoms with Crippen LogP contribution in [0.3, 0.4) is 0 Å². The number of hydrogen-bond donors (Lipinski definition) is 7. The molecule has 1 heterocycles. The van der Waals surface area contributed by atoms with Gasteiger partial charge in [-0.25, -0.2) is 8.42 Å². The van der Waals surface area contributed by atoms with Crippen molar-refractivity contribution in [3.8, 4) is 6.01 Å². The van der Waals surface area contributed by atoms with Crippen molar-refractivity contribution >= 4 is 84.2 Å². The van der Waals surface area contributed by atoms with Gasteiger partial charge in [-0.1, -0.05) is 36.4 Å². The van der Waals surface area contributed by atoms with E-state index in [9.17, 15) is 40.1 Å². The van der Waals surface area contributed by atoms with Crippen molar-refractivity contribution in [2.75, 3.05) is 28.8 Å². The van der Waals surface area contributed by atoms with Crippen molar-refractivity contribution in [3.63, 3.8) is 0 Å². The van der Waals surface area contributed by atoms with E-state index in [0.29, 0.717) is 0 Å². The van der Waals surface area contributed by atoms with Gasteiger partial charge in [-0.15, -0.1) is 0 Å². The van der Waals surface area contributed by atoms with Crippen molar-refractivity contribution in [1.82, 2.24) is 15.0 Å². The van der Waals surface area contributed by atoms with Gasteiger partial charge in [-0.3, -0.25) is 14.1 Å². The molecule has 17 nitrogen and oxygen atoms in total. The lowest BCUT2D eigenvalue weighted by Gasteiger charge is -2.24. The molecule has 0 saturated carbocycles. The van der Waals surface area contributed by atoms with Gasteiger partial charge >= 0.3 is 6.01 Å². The SMILES string of the molecule is COc1nc(Nc2ccccc2S(=O)O)nc(Nc2ccc(Nc3cc(S(=O)(=O)O)c(N)c4c3C(=O)c3ccccc3C4=O)cc2S(=O)O)n1. The summed E-state index contributed by atoms with van der Waals surface area (Å²) in [5.41, 5.74) is 4.81. The fourth-order valence-electron chi connectivity index (χ4n) is 5.13. The second-order valence-corrected chi connectivity index (χ2v) is 13.6. The normalized spacial score (nSPS) is 13.5. The maximum absolute atomic E-state index is 13.6. The van der Waals surface area contributed by atoms with Crippen LogP contribution in [0.5, 0.6) is 6.01 Å². The molecule has 0 bridgehead atoms. The van der Waals surface area contributed by atoms with E-state index in [1.807, 2.05) is 0 Å². The summed E-state index contributed by atoms with van der Waals surface area (Å²) in [6.07, 6.45) is 0. The smallest absolute Gasteiger partial charge is 0.322 e. The first-order chi connectivity index (χ1) is 23.8. The number of ether oxygens (including phenoxy) is 1. The first-order valence-corrected chi connectivity index (χ1v) is 17.6. The number of nitrogen functional groups attached to an aromatic ring is 1. The second-order valence-electron chi connectivity index (χ2n) is 10.3. The lowest BCUT2D eigenvalue weighted by molar-refractivity contribution is 0.0980. The molecule has 2 atom stereocenters. The number of nitrogens with two attached hydrogens (primary N) is 1. The highest BCUT2D eigenvalue weighted by Gasteiger charge is 2.36. The number of hydrogen-bond acceptors (Lipinski definition) is 14. The Morgan fingerprint density at radius 2 is 1.28 bits per heavy atom. The molecule has 256 valence electrons. The van der Waals surface area contributed by atoms with E-state index in [1.54, 1.807) is 18.2 Å². The van der Waals surface area contributed by atoms with Crippen LogP contribution in [-0.2, 0) is 32.3 Å². The molecule has 1 aliphatic carbocycles. The quantitative estimate of drug-likeness (QED) is 0.0597. The molecule has 1 aromatic heterocycles. The van der Waals surface area contributed by atoms with Gasteiger partial charge in [-0.05, 0) is 36.4 Å². The van der Waals surface area contributed by atoms with Crippen molar-refractivity contribution in [2.45, 2.75) is 14.7 Å². The molecule has 0 aliphatic heterocycles. The number of methoxy groups -OCH3 is 1. The van der Waals surface area contributed by atoms with Crippen LogP contribution in [0.1, 0.15) is 31.8 Å². The lowest BCUT2D eigenvalue weighted by atomic mass is 9.82. The topological polar surface area (TPSA) is 273 Å². The lowest BCUT2D eigenvalue weighted by Crippen LogP contribution is -2.25. The number of aromatic nitrogens is 3. The van der Waals surface area contributed by atoms with Crippen LogP contribution in [0, 0.1) is 0 Å². The number of ketones is 2. The molecular weight excluding hydrogens is 715 g/mol. The Labute approximate surface area is 287 Å². The third-order valence-corrected chi connectivity index (χ3v) is 9.63. The minimum absolute atomic E-state index is 0.00979. The Kier molecular flexibility index (Phi) is 9.14. The van der Waals surface area contributed by atoms with Gasteiger partial charge < -0.3 is 35.5 Å². The van der Waals surface area contributed by atoms with Gasteiger partial charge in [0, 0.05) is 16.8 Å². The number of anilines is 7. The molecule has 2 unspecified atom stereocenters. The molecule has 4 aromatic carbocycles. The highest BCUT2D eigenvalue weighted by Crippen LogP contribution is 2.40. The molecule has 0 amide bonds. The van der Waals surface area contributed by atoms with E-state index in [-0.39, 0.29) is 67.1 Å². The van der Waals surface area contributed by atoms with E-state index in [2.05, 4.69) is 30.9 Å². The standard InChI is InChI=1S/C30H23N7O10S3/c1-47-30-36-28(33-17-8-4-5-9-20(17)48(40)41)35-29(37-30)34-18-11-10-14(12-21(18)49(42)43)32-19-13-22(50(44,45)46)25(31)24-23(19)26(38)15-6-2-3-7-16(15)27(24)39/h2-13,32H,31H2,1H3,(H,40,41)(H,42,43)(H,44,45,46)(H2,33,34,35,36,37). The van der Waals surface area contributed by atoms with E-state index in [4.69, 9.17) is 10.5 Å². The molecule has 0 saturated heterocycles. The molecule has 6 rings (SSSR count). The minimum Gasteiger partial charge on any atom is -0.467 e. The van der Waals surface area contributed by atoms with Crippen LogP contribution >= 0.6 is 0 Å². The summed E-state index contributed by atoms with van der Waals surface area (Å²) in [5, 5.41) is 8.42. The fraction of sp³-hybridized carbons (Fsp3) is 0.0333. The van der Waals surface area contributed by atoms with Gasteiger partial charge in [-0.2, -0.15) is 23.4 Å². The van der Waals surface area contributed by atoms with E-state index < -0.39 is 60.0 Å². The van der Waals surface area contributed by atoms with Crippen LogP contribution in [0.15, 0.2) is 87.5 Å². The van der Waals surface area contributed by atoms with Crippen molar-refractivity contribution < 1.29 is 44.8 Å². The van der Waals surface area contributed by atoms with Gasteiger partial charge in [0.05, 0.1) is 50.8 Å². The minimum atomic E-state index is -4.99. The summed E-state index contributed by atoms with van der Waals surface area (Å²) in [4.78, 5) is 38.5. The monoisotopic (exact) mass is 737 g/mol. The summed E-state index contributed by atoms with van der Waals surface area (Å²) in [6.45, 7) is 0. The Morgan fingerprint density at radius 3 is 1.86 bits per heavy atom. The van der Waals surface area contributed by atoms with E-state index in [0.717, 1.165) is 6.07 Å². The number of carbonyl (C=O) groups is 2. The van der Waals surface area contributed by atoms with E-state index >= 15 is 0 Å². The highest BCUT2D eigenvalue weighted by molar-refractivity contribution is 7.86. The van der Waals surface area contributed by atoms with Crippen LogP contribution in [0.25, 0.3) is 0 Å². The number of nitrogens with one attached hydrogen (secondary N) is 3. The molecule has 50 heavy (non-hydrogen) atoms. The molecule has 8 N–H and O–H groups in total. The zero-order valence-electron chi connectivity index (χ0n) is 25.3. The molecule has 1 aliphatic rings. The van der Waals surface area contributed by atoms with Crippen LogP contribution < -0.4 is 26.4 Å².